The van der Waals surface area contributed by atoms with Crippen LogP contribution in [0.15, 0.2) is 36.4 Å². The van der Waals surface area contributed by atoms with Crippen molar-refractivity contribution in [2.45, 2.75) is 20.8 Å². The van der Waals surface area contributed by atoms with Crippen LogP contribution in [0.5, 0.6) is 5.75 Å². The number of nitrogen functional groups attached to an aromatic ring is 2. The van der Waals surface area contributed by atoms with Gasteiger partial charge in [0.2, 0.25) is 0 Å². The summed E-state index contributed by atoms with van der Waals surface area (Å²) >= 11 is 0. The number of nitrogens with two attached hydrogens (primary N) is 2. The molecule has 0 unspecified atom stereocenters. The number of hydrogen-bond donors (Lipinski definition) is 5. The molecule has 6 heteroatoms. The van der Waals surface area contributed by atoms with Crippen LogP contribution in [0.1, 0.15) is 27.8 Å². The molecular weight excluding hydrogens is 316 g/mol. The second-order valence-corrected chi connectivity index (χ2v) is 5.68. The monoisotopic (exact) mass is 342 g/mol. The van der Waals surface area contributed by atoms with Gasteiger partial charge in [-0.2, -0.15) is 0 Å². The molecule has 0 heterocycles. The van der Waals surface area contributed by atoms with Crippen molar-refractivity contribution < 1.29 is 9.84 Å². The summed E-state index contributed by atoms with van der Waals surface area (Å²) in [6.07, 6.45) is 0. The Bertz CT molecular complexity index is 757. The molecule has 0 saturated carbocycles. The molecule has 0 aromatic heterocycles. The lowest BCUT2D eigenvalue weighted by molar-refractivity contribution is 0.200. The number of nitrogens with one attached hydrogen (secondary N) is 2. The molecule has 134 valence electrons. The van der Waals surface area contributed by atoms with Gasteiger partial charge in [-0.1, -0.05) is 12.1 Å². The number of aliphatic hydroxyl groups is 1. The number of amidine groups is 2. The number of hydrogen-bond acceptors (Lipinski definition) is 4. The van der Waals surface area contributed by atoms with E-state index in [-0.39, 0.29) is 24.9 Å². The van der Waals surface area contributed by atoms with E-state index in [2.05, 4.69) is 0 Å². The predicted molar refractivity (Wildman–Crippen MR) is 102 cm³/mol. The van der Waals surface area contributed by atoms with Gasteiger partial charge in [-0.3, -0.25) is 10.8 Å². The second kappa shape index (κ2) is 9.44. The molecule has 2 aromatic rings. The van der Waals surface area contributed by atoms with Crippen molar-refractivity contribution >= 4 is 11.7 Å². The summed E-state index contributed by atoms with van der Waals surface area (Å²) in [6, 6.07) is 11.0. The lowest BCUT2D eigenvalue weighted by Gasteiger charge is -2.08. The quantitative estimate of drug-likeness (QED) is 0.421. The minimum absolute atomic E-state index is 0.00605. The van der Waals surface area contributed by atoms with Crippen LogP contribution < -0.4 is 16.2 Å². The molecule has 0 radical (unpaired) electrons. The summed E-state index contributed by atoms with van der Waals surface area (Å²) in [6.45, 7) is 6.20. The summed E-state index contributed by atoms with van der Waals surface area (Å²) in [7, 11) is 0. The van der Waals surface area contributed by atoms with E-state index < -0.39 is 0 Å². The molecule has 2 rings (SSSR count). The van der Waals surface area contributed by atoms with E-state index in [4.69, 9.17) is 32.1 Å². The number of benzene rings is 2. The molecule has 0 bridgehead atoms. The first-order valence-electron chi connectivity index (χ1n) is 7.86. The van der Waals surface area contributed by atoms with Gasteiger partial charge < -0.3 is 21.3 Å². The molecule has 0 atom stereocenters. The average molecular weight is 342 g/mol. The summed E-state index contributed by atoms with van der Waals surface area (Å²) < 4.78 is 5.26. The summed E-state index contributed by atoms with van der Waals surface area (Å²) in [4.78, 5) is 0. The van der Waals surface area contributed by atoms with E-state index in [9.17, 15) is 0 Å². The summed E-state index contributed by atoms with van der Waals surface area (Å²) in [5, 5.41) is 23.0. The molecule has 0 saturated heterocycles. The molecule has 7 N–H and O–H groups in total. The number of aliphatic hydroxyl groups excluding tert-OH is 1. The van der Waals surface area contributed by atoms with E-state index in [1.165, 1.54) is 11.1 Å². The predicted octanol–water partition coefficient (Wildman–Crippen LogP) is 2.24. The topological polar surface area (TPSA) is 129 Å². The molecule has 2 aromatic carbocycles. The lowest BCUT2D eigenvalue weighted by atomic mass is 10.1. The van der Waals surface area contributed by atoms with E-state index >= 15 is 0 Å². The van der Waals surface area contributed by atoms with Gasteiger partial charge in [-0.05, 0) is 61.7 Å². The summed E-state index contributed by atoms with van der Waals surface area (Å²) in [5.41, 5.74) is 15.4. The molecule has 0 aliphatic rings. The Morgan fingerprint density at radius 1 is 0.880 bits per heavy atom. The van der Waals surface area contributed by atoms with Crippen LogP contribution in [-0.4, -0.2) is 30.0 Å². The van der Waals surface area contributed by atoms with Crippen molar-refractivity contribution in [3.8, 4) is 5.75 Å². The van der Waals surface area contributed by atoms with Crippen LogP contribution in [0.4, 0.5) is 0 Å². The zero-order chi connectivity index (χ0) is 19.0. The van der Waals surface area contributed by atoms with Crippen LogP contribution in [0, 0.1) is 31.6 Å². The van der Waals surface area contributed by atoms with Gasteiger partial charge in [0, 0.05) is 11.1 Å². The zero-order valence-corrected chi connectivity index (χ0v) is 14.9. The SMILES string of the molecule is Cc1cc(C(=N)N)ccc1OCCO.Cc1ccc(C(=N)N)cc1C. The Morgan fingerprint density at radius 3 is 1.84 bits per heavy atom. The third-order valence-electron chi connectivity index (χ3n) is 3.65. The van der Waals surface area contributed by atoms with Gasteiger partial charge >= 0.3 is 0 Å². The Morgan fingerprint density at radius 2 is 1.40 bits per heavy atom. The molecule has 0 aliphatic carbocycles. The van der Waals surface area contributed by atoms with E-state index in [1.54, 1.807) is 18.2 Å². The van der Waals surface area contributed by atoms with Crippen molar-refractivity contribution in [1.82, 2.24) is 0 Å². The molecular formula is C19H26N4O2. The van der Waals surface area contributed by atoms with Crippen molar-refractivity contribution in [2.24, 2.45) is 11.5 Å². The van der Waals surface area contributed by atoms with Crippen molar-refractivity contribution in [3.63, 3.8) is 0 Å². The molecule has 0 fully saturated rings. The highest BCUT2D eigenvalue weighted by atomic mass is 16.5. The third kappa shape index (κ3) is 6.27. The highest BCUT2D eigenvalue weighted by molar-refractivity contribution is 5.95. The van der Waals surface area contributed by atoms with Crippen LogP contribution >= 0.6 is 0 Å². The highest BCUT2D eigenvalue weighted by Gasteiger charge is 2.02. The number of ether oxygens (including phenoxy) is 1. The first-order valence-corrected chi connectivity index (χ1v) is 7.86. The maximum atomic E-state index is 8.58. The molecule has 0 amide bonds. The lowest BCUT2D eigenvalue weighted by Crippen LogP contribution is -2.11. The number of aryl methyl sites for hydroxylation is 3. The highest BCUT2D eigenvalue weighted by Crippen LogP contribution is 2.18. The van der Waals surface area contributed by atoms with E-state index in [1.807, 2.05) is 39.0 Å². The van der Waals surface area contributed by atoms with Crippen molar-refractivity contribution in [2.75, 3.05) is 13.2 Å². The molecule has 6 nitrogen and oxygen atoms in total. The van der Waals surface area contributed by atoms with Gasteiger partial charge in [0.25, 0.3) is 0 Å². The van der Waals surface area contributed by atoms with Crippen molar-refractivity contribution in [3.05, 3.63) is 64.2 Å². The number of rotatable bonds is 5. The fraction of sp³-hybridized carbons (Fsp3) is 0.263. The zero-order valence-electron chi connectivity index (χ0n) is 14.9. The maximum Gasteiger partial charge on any atom is 0.122 e. The van der Waals surface area contributed by atoms with Crippen LogP contribution in [-0.2, 0) is 0 Å². The Balaban J connectivity index is 0.000000257. The molecule has 0 aliphatic heterocycles. The summed E-state index contributed by atoms with van der Waals surface area (Å²) in [5.74, 6) is 0.888. The first kappa shape index (κ1) is 20.2. The van der Waals surface area contributed by atoms with Gasteiger partial charge in [0.05, 0.1) is 6.61 Å². The van der Waals surface area contributed by atoms with Crippen LogP contribution in [0.25, 0.3) is 0 Å². The van der Waals surface area contributed by atoms with E-state index in [0.29, 0.717) is 11.3 Å². The van der Waals surface area contributed by atoms with Gasteiger partial charge in [-0.25, -0.2) is 0 Å². The Labute approximate surface area is 148 Å². The minimum atomic E-state index is -0.00605. The largest absolute Gasteiger partial charge is 0.491 e. The Hall–Kier alpha value is -2.86. The maximum absolute atomic E-state index is 8.58. The standard InChI is InChI=1S/C10H14N2O2.C9H12N2/c1-7-6-8(10(11)12)2-3-9(7)14-5-4-13;1-6-3-4-8(9(10)11)5-7(6)2/h2-3,6,13H,4-5H2,1H3,(H3,11,12);3-5H,1-2H3,(H3,10,11). The third-order valence-corrected chi connectivity index (χ3v) is 3.65. The molecule has 0 spiro atoms. The van der Waals surface area contributed by atoms with Gasteiger partial charge in [0.15, 0.2) is 0 Å². The van der Waals surface area contributed by atoms with Crippen LogP contribution in [0.3, 0.4) is 0 Å². The van der Waals surface area contributed by atoms with E-state index in [0.717, 1.165) is 11.1 Å². The second-order valence-electron chi connectivity index (χ2n) is 5.68. The normalized spacial score (nSPS) is 9.76. The minimum Gasteiger partial charge on any atom is -0.491 e. The first-order chi connectivity index (χ1) is 11.8. The average Bonchev–Trinajstić information content (AvgIpc) is 2.56. The van der Waals surface area contributed by atoms with Crippen LogP contribution in [0.2, 0.25) is 0 Å². The fourth-order valence-corrected chi connectivity index (χ4v) is 2.04. The van der Waals surface area contributed by atoms with Gasteiger partial charge in [-0.15, -0.1) is 0 Å². The van der Waals surface area contributed by atoms with Crippen molar-refractivity contribution in [1.29, 1.82) is 10.8 Å². The van der Waals surface area contributed by atoms with Gasteiger partial charge in [0.1, 0.15) is 24.0 Å². The fourth-order valence-electron chi connectivity index (χ4n) is 2.04. The Kier molecular flexibility index (Phi) is 7.62. The molecule has 25 heavy (non-hydrogen) atoms. The smallest absolute Gasteiger partial charge is 0.122 e.